The Morgan fingerprint density at radius 2 is 2.21 bits per heavy atom. The fraction of sp³-hybridized carbons (Fsp3) is 0.571. The summed E-state index contributed by atoms with van der Waals surface area (Å²) in [7, 11) is 1.65. The van der Waals surface area contributed by atoms with Crippen LogP contribution < -0.4 is 19.5 Å². The van der Waals surface area contributed by atoms with Crippen molar-refractivity contribution in [1.82, 2.24) is 5.32 Å². The Kier molecular flexibility index (Phi) is 3.71. The molecule has 0 amide bonds. The molecule has 3 rings (SSSR count). The van der Waals surface area contributed by atoms with Crippen molar-refractivity contribution in [3.8, 4) is 17.2 Å². The van der Waals surface area contributed by atoms with Crippen LogP contribution in [-0.2, 0) is 0 Å². The first kappa shape index (κ1) is 12.9. The van der Waals surface area contributed by atoms with E-state index in [0.717, 1.165) is 48.7 Å². The van der Waals surface area contributed by atoms with Gasteiger partial charge in [0, 0.05) is 24.1 Å². The standard InChI is InChI=1S/C14H18ClNO3/c1-17-13-10(15)7-11-14(19-6-5-18-11)12(13)9-3-2-4-16-8-9/h7,9,16H,2-6,8H2,1H3. The Labute approximate surface area is 118 Å². The van der Waals surface area contributed by atoms with Crippen molar-refractivity contribution in [2.45, 2.75) is 18.8 Å². The summed E-state index contributed by atoms with van der Waals surface area (Å²) in [4.78, 5) is 0. The highest BCUT2D eigenvalue weighted by Gasteiger charge is 2.29. The van der Waals surface area contributed by atoms with E-state index in [9.17, 15) is 0 Å². The Bertz CT molecular complexity index is 472. The maximum absolute atomic E-state index is 6.30. The highest BCUT2D eigenvalue weighted by atomic mass is 35.5. The predicted octanol–water partition coefficient (Wildman–Crippen LogP) is 2.59. The summed E-state index contributed by atoms with van der Waals surface area (Å²) in [5.74, 6) is 2.62. The lowest BCUT2D eigenvalue weighted by Crippen LogP contribution is -2.29. The molecule has 1 fully saturated rings. The first-order chi connectivity index (χ1) is 9.31. The molecule has 0 radical (unpaired) electrons. The third-order valence-electron chi connectivity index (χ3n) is 3.68. The Balaban J connectivity index is 2.09. The third-order valence-corrected chi connectivity index (χ3v) is 3.97. The van der Waals surface area contributed by atoms with Gasteiger partial charge in [-0.2, -0.15) is 0 Å². The molecule has 2 aliphatic rings. The van der Waals surface area contributed by atoms with Gasteiger partial charge >= 0.3 is 0 Å². The zero-order valence-electron chi connectivity index (χ0n) is 11.0. The van der Waals surface area contributed by atoms with E-state index in [0.29, 0.717) is 24.2 Å². The van der Waals surface area contributed by atoms with Gasteiger partial charge in [-0.1, -0.05) is 11.6 Å². The van der Waals surface area contributed by atoms with Gasteiger partial charge < -0.3 is 19.5 Å². The van der Waals surface area contributed by atoms with Crippen molar-refractivity contribution in [3.63, 3.8) is 0 Å². The van der Waals surface area contributed by atoms with Crippen LogP contribution >= 0.6 is 11.6 Å². The first-order valence-corrected chi connectivity index (χ1v) is 7.05. The average Bonchev–Trinajstić information content (AvgIpc) is 2.46. The van der Waals surface area contributed by atoms with Gasteiger partial charge in [0.2, 0.25) is 0 Å². The summed E-state index contributed by atoms with van der Waals surface area (Å²) >= 11 is 6.30. The minimum absolute atomic E-state index is 0.359. The molecule has 1 saturated heterocycles. The molecule has 2 heterocycles. The molecular formula is C14H18ClNO3. The summed E-state index contributed by atoms with van der Waals surface area (Å²) in [6, 6.07) is 1.79. The van der Waals surface area contributed by atoms with E-state index < -0.39 is 0 Å². The topological polar surface area (TPSA) is 39.7 Å². The normalized spacial score (nSPS) is 22.1. The summed E-state index contributed by atoms with van der Waals surface area (Å²) in [6.45, 7) is 3.13. The molecule has 0 spiro atoms. The summed E-state index contributed by atoms with van der Waals surface area (Å²) < 4.78 is 17.0. The quantitative estimate of drug-likeness (QED) is 0.906. The minimum atomic E-state index is 0.359. The van der Waals surface area contributed by atoms with Crippen LogP contribution in [0.3, 0.4) is 0 Å². The van der Waals surface area contributed by atoms with Crippen molar-refractivity contribution in [2.24, 2.45) is 0 Å². The third kappa shape index (κ3) is 2.35. The van der Waals surface area contributed by atoms with Gasteiger partial charge in [-0.3, -0.25) is 0 Å². The van der Waals surface area contributed by atoms with Gasteiger partial charge in [0.15, 0.2) is 11.5 Å². The second kappa shape index (κ2) is 5.47. The van der Waals surface area contributed by atoms with Gasteiger partial charge in [0.1, 0.15) is 19.0 Å². The molecule has 0 bridgehead atoms. The molecule has 104 valence electrons. The highest BCUT2D eigenvalue weighted by Crippen LogP contribution is 2.48. The lowest BCUT2D eigenvalue weighted by molar-refractivity contribution is 0.167. The van der Waals surface area contributed by atoms with Crippen LogP contribution in [-0.4, -0.2) is 33.4 Å². The average molecular weight is 284 g/mol. The molecule has 1 aromatic rings. The number of benzene rings is 1. The molecule has 1 aromatic carbocycles. The summed E-state index contributed by atoms with van der Waals surface area (Å²) in [5.41, 5.74) is 1.05. The molecule has 19 heavy (non-hydrogen) atoms. The van der Waals surface area contributed by atoms with E-state index in [1.165, 1.54) is 0 Å². The number of rotatable bonds is 2. The van der Waals surface area contributed by atoms with Gasteiger partial charge in [0.25, 0.3) is 0 Å². The number of piperidine rings is 1. The minimum Gasteiger partial charge on any atom is -0.495 e. The predicted molar refractivity (Wildman–Crippen MR) is 73.8 cm³/mol. The lowest BCUT2D eigenvalue weighted by Gasteiger charge is -2.30. The molecule has 5 heteroatoms. The zero-order valence-corrected chi connectivity index (χ0v) is 11.8. The van der Waals surface area contributed by atoms with E-state index in [1.54, 1.807) is 13.2 Å². The van der Waals surface area contributed by atoms with Crippen LogP contribution in [0.25, 0.3) is 0 Å². The molecule has 0 aromatic heterocycles. The van der Waals surface area contributed by atoms with E-state index >= 15 is 0 Å². The van der Waals surface area contributed by atoms with Crippen molar-refractivity contribution in [3.05, 3.63) is 16.7 Å². The van der Waals surface area contributed by atoms with Crippen molar-refractivity contribution < 1.29 is 14.2 Å². The molecule has 2 aliphatic heterocycles. The number of methoxy groups -OCH3 is 1. The SMILES string of the molecule is COc1c(Cl)cc2c(c1C1CCCNC1)OCCO2. The van der Waals surface area contributed by atoms with Crippen LogP contribution in [0.5, 0.6) is 17.2 Å². The Morgan fingerprint density at radius 1 is 1.37 bits per heavy atom. The van der Waals surface area contributed by atoms with Gasteiger partial charge in [-0.25, -0.2) is 0 Å². The fourth-order valence-electron chi connectivity index (χ4n) is 2.84. The number of hydrogen-bond donors (Lipinski definition) is 1. The zero-order chi connectivity index (χ0) is 13.2. The molecule has 0 aliphatic carbocycles. The number of hydrogen-bond acceptors (Lipinski definition) is 4. The number of fused-ring (bicyclic) bond motifs is 1. The second-order valence-electron chi connectivity index (χ2n) is 4.87. The molecule has 1 N–H and O–H groups in total. The lowest BCUT2D eigenvalue weighted by atomic mass is 9.89. The Hall–Kier alpha value is -1.13. The maximum atomic E-state index is 6.30. The van der Waals surface area contributed by atoms with Gasteiger partial charge in [-0.05, 0) is 19.4 Å². The van der Waals surface area contributed by atoms with Crippen LogP contribution in [0.4, 0.5) is 0 Å². The summed E-state index contributed by atoms with van der Waals surface area (Å²) in [5, 5.41) is 4.01. The smallest absolute Gasteiger partial charge is 0.168 e. The van der Waals surface area contributed by atoms with Gasteiger partial charge in [-0.15, -0.1) is 0 Å². The van der Waals surface area contributed by atoms with Crippen LogP contribution in [0, 0.1) is 0 Å². The highest BCUT2D eigenvalue weighted by molar-refractivity contribution is 6.32. The van der Waals surface area contributed by atoms with Gasteiger partial charge in [0.05, 0.1) is 12.1 Å². The summed E-state index contributed by atoms with van der Waals surface area (Å²) in [6.07, 6.45) is 2.26. The van der Waals surface area contributed by atoms with Crippen LogP contribution in [0.2, 0.25) is 5.02 Å². The molecular weight excluding hydrogens is 266 g/mol. The van der Waals surface area contributed by atoms with E-state index in [1.807, 2.05) is 0 Å². The monoisotopic (exact) mass is 283 g/mol. The second-order valence-corrected chi connectivity index (χ2v) is 5.28. The van der Waals surface area contributed by atoms with Crippen molar-refractivity contribution in [2.75, 3.05) is 33.4 Å². The van der Waals surface area contributed by atoms with Crippen molar-refractivity contribution in [1.29, 1.82) is 0 Å². The molecule has 1 unspecified atom stereocenters. The maximum Gasteiger partial charge on any atom is 0.168 e. The molecule has 0 saturated carbocycles. The van der Waals surface area contributed by atoms with Crippen LogP contribution in [0.15, 0.2) is 6.07 Å². The van der Waals surface area contributed by atoms with E-state index in [2.05, 4.69) is 5.32 Å². The largest absolute Gasteiger partial charge is 0.495 e. The fourth-order valence-corrected chi connectivity index (χ4v) is 3.12. The Morgan fingerprint density at radius 3 is 2.95 bits per heavy atom. The molecule has 4 nitrogen and oxygen atoms in total. The van der Waals surface area contributed by atoms with E-state index in [4.69, 9.17) is 25.8 Å². The molecule has 1 atom stereocenters. The van der Waals surface area contributed by atoms with Crippen LogP contribution in [0.1, 0.15) is 24.3 Å². The number of ether oxygens (including phenoxy) is 3. The number of nitrogens with one attached hydrogen (secondary N) is 1. The van der Waals surface area contributed by atoms with Crippen molar-refractivity contribution >= 4 is 11.6 Å². The first-order valence-electron chi connectivity index (χ1n) is 6.68. The number of halogens is 1. The van der Waals surface area contributed by atoms with E-state index in [-0.39, 0.29) is 0 Å².